The van der Waals surface area contributed by atoms with Crippen LogP contribution >= 0.6 is 0 Å². The quantitative estimate of drug-likeness (QED) is 0.0261. The number of rotatable bonds is 61. The van der Waals surface area contributed by atoms with Crippen LogP contribution in [0.3, 0.4) is 0 Å². The molecule has 0 aliphatic heterocycles. The van der Waals surface area contributed by atoms with Gasteiger partial charge in [-0.2, -0.15) is 0 Å². The molecule has 1 unspecified atom stereocenters. The van der Waals surface area contributed by atoms with Crippen molar-refractivity contribution >= 4 is 17.9 Å². The van der Waals surface area contributed by atoms with E-state index in [1.54, 1.807) is 0 Å². The third kappa shape index (κ3) is 63.4. The smallest absolute Gasteiger partial charge is 0.306 e. The zero-order chi connectivity index (χ0) is 56.4. The summed E-state index contributed by atoms with van der Waals surface area (Å²) in [6.45, 7) is 6.54. The molecule has 6 nitrogen and oxygen atoms in total. The van der Waals surface area contributed by atoms with Crippen molar-refractivity contribution in [2.45, 2.75) is 341 Å². The molecule has 0 radical (unpaired) electrons. The summed E-state index contributed by atoms with van der Waals surface area (Å²) in [7, 11) is 0. The summed E-state index contributed by atoms with van der Waals surface area (Å²) in [6.07, 6.45) is 87.5. The molecule has 0 rings (SSSR count). The molecule has 0 aromatic rings. The van der Waals surface area contributed by atoms with Crippen LogP contribution in [0.5, 0.6) is 0 Å². The summed E-state index contributed by atoms with van der Waals surface area (Å²) in [5.41, 5.74) is 0. The number of carbonyl (C=O) groups excluding carboxylic acids is 3. The maximum Gasteiger partial charge on any atom is 0.306 e. The van der Waals surface area contributed by atoms with Gasteiger partial charge >= 0.3 is 17.9 Å². The predicted molar refractivity (Wildman–Crippen MR) is 339 cm³/mol. The number of esters is 3. The van der Waals surface area contributed by atoms with Crippen LogP contribution in [0.15, 0.2) is 85.1 Å². The molecule has 0 aromatic heterocycles. The maximum absolute atomic E-state index is 12.9. The van der Waals surface area contributed by atoms with Crippen LogP contribution in [0.2, 0.25) is 0 Å². The third-order valence-electron chi connectivity index (χ3n) is 14.6. The Bertz CT molecular complexity index is 1480. The molecular formula is C72H126O6. The van der Waals surface area contributed by atoms with Gasteiger partial charge in [0, 0.05) is 19.3 Å². The molecular weight excluding hydrogens is 961 g/mol. The number of allylic oxidation sites excluding steroid dienone is 14. The van der Waals surface area contributed by atoms with Crippen molar-refractivity contribution in [1.29, 1.82) is 0 Å². The van der Waals surface area contributed by atoms with E-state index in [1.165, 1.54) is 193 Å². The van der Waals surface area contributed by atoms with Crippen LogP contribution in [-0.4, -0.2) is 37.2 Å². The highest BCUT2D eigenvalue weighted by Gasteiger charge is 2.19. The average molecular weight is 1090 g/mol. The lowest BCUT2D eigenvalue weighted by atomic mass is 10.0. The van der Waals surface area contributed by atoms with Crippen molar-refractivity contribution in [2.24, 2.45) is 0 Å². The van der Waals surface area contributed by atoms with Crippen molar-refractivity contribution < 1.29 is 28.6 Å². The minimum atomic E-state index is -0.782. The second kappa shape index (κ2) is 66.1. The fraction of sp³-hybridized carbons (Fsp3) is 0.764. The summed E-state index contributed by atoms with van der Waals surface area (Å²) in [6, 6.07) is 0. The second-order valence-corrected chi connectivity index (χ2v) is 22.4. The molecule has 0 aromatic carbocycles. The van der Waals surface area contributed by atoms with Gasteiger partial charge in [-0.25, -0.2) is 0 Å². The van der Waals surface area contributed by atoms with E-state index >= 15 is 0 Å². The highest BCUT2D eigenvalue weighted by molar-refractivity contribution is 5.71. The molecule has 0 saturated carbocycles. The Morgan fingerprint density at radius 2 is 0.500 bits per heavy atom. The summed E-state index contributed by atoms with van der Waals surface area (Å²) >= 11 is 0. The maximum atomic E-state index is 12.9. The van der Waals surface area contributed by atoms with Crippen LogP contribution in [0.4, 0.5) is 0 Å². The summed E-state index contributed by atoms with van der Waals surface area (Å²) < 4.78 is 16.9. The fourth-order valence-electron chi connectivity index (χ4n) is 9.62. The molecule has 0 saturated heterocycles. The van der Waals surface area contributed by atoms with Crippen molar-refractivity contribution in [3.63, 3.8) is 0 Å². The second-order valence-electron chi connectivity index (χ2n) is 22.4. The highest BCUT2D eigenvalue weighted by atomic mass is 16.6. The molecule has 0 bridgehead atoms. The molecule has 78 heavy (non-hydrogen) atoms. The lowest BCUT2D eigenvalue weighted by Crippen LogP contribution is -2.30. The first-order valence-corrected chi connectivity index (χ1v) is 33.6. The van der Waals surface area contributed by atoms with Gasteiger partial charge in [-0.3, -0.25) is 14.4 Å². The first-order valence-electron chi connectivity index (χ1n) is 33.6. The summed E-state index contributed by atoms with van der Waals surface area (Å²) in [4.78, 5) is 38.3. The van der Waals surface area contributed by atoms with Crippen LogP contribution in [0, 0.1) is 0 Å². The first-order chi connectivity index (χ1) is 38.5. The number of unbranched alkanes of at least 4 members (excludes halogenated alkanes) is 36. The van der Waals surface area contributed by atoms with Gasteiger partial charge in [0.15, 0.2) is 6.10 Å². The Balaban J connectivity index is 4.25. The van der Waals surface area contributed by atoms with E-state index in [2.05, 4.69) is 106 Å². The highest BCUT2D eigenvalue weighted by Crippen LogP contribution is 2.17. The number of carbonyl (C=O) groups is 3. The number of hydrogen-bond donors (Lipinski definition) is 0. The minimum Gasteiger partial charge on any atom is -0.462 e. The van der Waals surface area contributed by atoms with E-state index in [-0.39, 0.29) is 31.1 Å². The van der Waals surface area contributed by atoms with Crippen molar-refractivity contribution in [3.8, 4) is 0 Å². The van der Waals surface area contributed by atoms with Gasteiger partial charge in [0.05, 0.1) is 0 Å². The van der Waals surface area contributed by atoms with Gasteiger partial charge in [0.25, 0.3) is 0 Å². The lowest BCUT2D eigenvalue weighted by molar-refractivity contribution is -0.167. The van der Waals surface area contributed by atoms with Gasteiger partial charge in [-0.15, -0.1) is 0 Å². The van der Waals surface area contributed by atoms with E-state index in [1.807, 2.05) is 0 Å². The van der Waals surface area contributed by atoms with E-state index in [4.69, 9.17) is 14.2 Å². The van der Waals surface area contributed by atoms with Crippen LogP contribution < -0.4 is 0 Å². The normalized spacial score (nSPS) is 12.6. The number of hydrogen-bond acceptors (Lipinski definition) is 6. The SMILES string of the molecule is CC/C=C\C/C=C\C/C=C\C/C=C\C/C=C\C/C=C\CCCCCCCCC(=O)OCC(COC(=O)CCCCCCCCCCCC)OC(=O)CCCCCCCCCCCCCCC/C=C\CCCCCCCCCC. The van der Waals surface area contributed by atoms with E-state index in [0.717, 1.165) is 103 Å². The third-order valence-corrected chi connectivity index (χ3v) is 14.6. The fourth-order valence-corrected chi connectivity index (χ4v) is 9.62. The predicted octanol–water partition coefficient (Wildman–Crippen LogP) is 23.1. The standard InChI is InChI=1S/C72H126O6/c1-4-7-10-13-16-19-22-24-26-28-30-32-34-36-38-40-42-44-46-48-50-53-56-59-62-65-71(74)77-68-69(67-76-70(73)64-61-58-55-52-21-18-15-12-9-6-3)78-72(75)66-63-60-57-54-51-49-47-45-43-41-39-37-35-33-31-29-27-25-23-20-17-14-11-8-5-2/h7,10,16,19,24,26,29-32,36,38,42,44,69H,4-6,8-9,11-15,17-18,20-23,25,27-28,33-35,37,39-41,43,45-68H2,1-3H3/b10-7-,19-16-,26-24-,31-29-,32-30-,38-36-,44-42-. The molecule has 0 aliphatic rings. The van der Waals surface area contributed by atoms with E-state index in [0.29, 0.717) is 19.3 Å². The Kier molecular flexibility index (Phi) is 63.2. The van der Waals surface area contributed by atoms with Crippen LogP contribution in [-0.2, 0) is 28.6 Å². The van der Waals surface area contributed by atoms with Crippen molar-refractivity contribution in [2.75, 3.05) is 13.2 Å². The van der Waals surface area contributed by atoms with Gasteiger partial charge in [0.2, 0.25) is 0 Å². The zero-order valence-electron chi connectivity index (χ0n) is 51.7. The van der Waals surface area contributed by atoms with Gasteiger partial charge in [0.1, 0.15) is 13.2 Å². The van der Waals surface area contributed by atoms with Crippen molar-refractivity contribution in [1.82, 2.24) is 0 Å². The largest absolute Gasteiger partial charge is 0.462 e. The monoisotopic (exact) mass is 1090 g/mol. The van der Waals surface area contributed by atoms with Crippen molar-refractivity contribution in [3.05, 3.63) is 85.1 Å². The van der Waals surface area contributed by atoms with Crippen LogP contribution in [0.25, 0.3) is 0 Å². The van der Waals surface area contributed by atoms with Gasteiger partial charge in [-0.05, 0) is 96.3 Å². The molecule has 450 valence electrons. The summed E-state index contributed by atoms with van der Waals surface area (Å²) in [5.74, 6) is -0.881. The summed E-state index contributed by atoms with van der Waals surface area (Å²) in [5, 5.41) is 0. The molecule has 0 amide bonds. The molecule has 0 aliphatic carbocycles. The Hall–Kier alpha value is -3.41. The zero-order valence-corrected chi connectivity index (χ0v) is 51.7. The average Bonchev–Trinajstić information content (AvgIpc) is 3.44. The molecule has 1 atom stereocenters. The Morgan fingerprint density at radius 1 is 0.269 bits per heavy atom. The molecule has 0 spiro atoms. The molecule has 0 N–H and O–H groups in total. The van der Waals surface area contributed by atoms with E-state index in [9.17, 15) is 14.4 Å². The van der Waals surface area contributed by atoms with Gasteiger partial charge < -0.3 is 14.2 Å². The molecule has 0 fully saturated rings. The molecule has 0 heterocycles. The minimum absolute atomic E-state index is 0.0781. The topological polar surface area (TPSA) is 78.9 Å². The Labute approximate surface area is 484 Å². The number of ether oxygens (including phenoxy) is 3. The molecule has 6 heteroatoms. The van der Waals surface area contributed by atoms with E-state index < -0.39 is 6.10 Å². The van der Waals surface area contributed by atoms with Gasteiger partial charge in [-0.1, -0.05) is 305 Å². The lowest BCUT2D eigenvalue weighted by Gasteiger charge is -2.18. The Morgan fingerprint density at radius 3 is 0.795 bits per heavy atom. The van der Waals surface area contributed by atoms with Crippen LogP contribution in [0.1, 0.15) is 335 Å². The first kappa shape index (κ1) is 74.6.